The molecule has 4 heteroatoms. The Labute approximate surface area is 397 Å². The van der Waals surface area contributed by atoms with Crippen molar-refractivity contribution in [3.05, 3.63) is 309 Å². The van der Waals surface area contributed by atoms with Gasteiger partial charge < -0.3 is 0 Å². The van der Waals surface area contributed by atoms with Crippen molar-refractivity contribution < 1.29 is 19.5 Å². The topological polar surface area (TPSA) is 0 Å². The number of hydrogen-bond acceptors (Lipinski definition) is 0. The third-order valence-electron chi connectivity index (χ3n) is 9.74. The summed E-state index contributed by atoms with van der Waals surface area (Å²) >= 11 is 0. The van der Waals surface area contributed by atoms with Crippen LogP contribution in [-0.2, 0) is 19.5 Å². The van der Waals surface area contributed by atoms with Crippen molar-refractivity contribution in [3.8, 4) is 0 Å². The molecule has 10 aromatic carbocycles. The summed E-state index contributed by atoms with van der Waals surface area (Å²) in [6.07, 6.45) is 0. The molecule has 64 heavy (non-hydrogen) atoms. The Kier molecular flexibility index (Phi) is 20.3. The summed E-state index contributed by atoms with van der Waals surface area (Å²) in [5, 5.41) is 12.6. The normalized spacial score (nSPS) is 10.2. The van der Waals surface area contributed by atoms with E-state index in [1.54, 1.807) is 0 Å². The van der Waals surface area contributed by atoms with Crippen molar-refractivity contribution >= 4 is 71.5 Å². The van der Waals surface area contributed by atoms with E-state index >= 15 is 0 Å². The molecule has 0 unspecified atom stereocenters. The maximum Gasteiger partial charge on any atom is 0 e. The minimum atomic E-state index is -0.446. The van der Waals surface area contributed by atoms with Crippen LogP contribution in [0.1, 0.15) is 0 Å². The molecular weight excluding hydrogens is 916 g/mol. The molecule has 0 spiro atoms. The van der Waals surface area contributed by atoms with Gasteiger partial charge in [-0.2, -0.15) is 36.4 Å². The number of benzene rings is 10. The summed E-state index contributed by atoms with van der Waals surface area (Å²) < 4.78 is 0. The van der Waals surface area contributed by atoms with Crippen LogP contribution < -0.4 is 47.7 Å². The maximum atomic E-state index is 2.89. The van der Waals surface area contributed by atoms with Crippen molar-refractivity contribution in [1.29, 1.82) is 0 Å². The molecule has 0 aromatic heterocycles. The van der Waals surface area contributed by atoms with Gasteiger partial charge in [0.1, 0.15) is 0 Å². The quantitative estimate of drug-likeness (QED) is 0.0768. The van der Waals surface area contributed by atoms with Gasteiger partial charge in [-0.25, -0.2) is 0 Å². The summed E-state index contributed by atoms with van der Waals surface area (Å²) in [5.74, 6) is 0. The van der Waals surface area contributed by atoms with Crippen LogP contribution in [0.5, 0.6) is 0 Å². The molecule has 0 aliphatic carbocycles. The fourth-order valence-corrected chi connectivity index (χ4v) is 13.8. The minimum absolute atomic E-state index is 0. The van der Waals surface area contributed by atoms with Gasteiger partial charge in [0, 0.05) is 19.5 Å². The molecule has 0 heterocycles. The summed E-state index contributed by atoms with van der Waals surface area (Å²) in [6.45, 7) is 0. The molecule has 0 amide bonds. The van der Waals surface area contributed by atoms with Gasteiger partial charge in [0.05, 0.1) is 0 Å². The first kappa shape index (κ1) is 47.6. The van der Waals surface area contributed by atoms with Crippen molar-refractivity contribution in [1.82, 2.24) is 0 Å². The molecule has 0 saturated heterocycles. The van der Waals surface area contributed by atoms with Crippen molar-refractivity contribution in [3.63, 3.8) is 0 Å². The fourth-order valence-electron chi connectivity index (χ4n) is 6.88. The Balaban J connectivity index is 0.000000148. The van der Waals surface area contributed by atoms with E-state index in [0.29, 0.717) is 0 Å². The fraction of sp³-hybridized carbons (Fsp3) is 0. The SMILES string of the molecule is [Rh].[c-]1ccccc1.c1ccc(P(c2ccccc2)c2ccccc2)cc1.c1ccc(P(c2ccccc2)c2ccccc2)cc1.c1ccc(P(c2ccccc2)c2ccccc2)cc1. The molecule has 0 fully saturated rings. The molecule has 0 saturated carbocycles. The van der Waals surface area contributed by atoms with Gasteiger partial charge in [-0.05, 0) is 71.5 Å². The smallest absolute Gasteiger partial charge is 0 e. The van der Waals surface area contributed by atoms with E-state index in [9.17, 15) is 0 Å². The monoisotopic (exact) mass is 966 g/mol. The van der Waals surface area contributed by atoms with Crippen LogP contribution in [0.3, 0.4) is 0 Å². The predicted molar refractivity (Wildman–Crippen MR) is 281 cm³/mol. The van der Waals surface area contributed by atoms with Crippen molar-refractivity contribution in [2.75, 3.05) is 0 Å². The van der Waals surface area contributed by atoms with E-state index in [4.69, 9.17) is 0 Å². The summed E-state index contributed by atoms with van der Waals surface area (Å²) in [6, 6.07) is 109. The molecule has 1 radical (unpaired) electrons. The Morgan fingerprint density at radius 1 is 0.172 bits per heavy atom. The van der Waals surface area contributed by atoms with Crippen LogP contribution in [0.2, 0.25) is 0 Å². The van der Waals surface area contributed by atoms with E-state index in [1.807, 2.05) is 30.3 Å². The van der Waals surface area contributed by atoms with Crippen LogP contribution in [0.25, 0.3) is 0 Å². The van der Waals surface area contributed by atoms with Crippen LogP contribution >= 0.6 is 23.8 Å². The molecule has 0 aliphatic heterocycles. The van der Waals surface area contributed by atoms with Gasteiger partial charge in [0.2, 0.25) is 0 Å². The van der Waals surface area contributed by atoms with Crippen LogP contribution in [0.4, 0.5) is 0 Å². The Bertz CT molecular complexity index is 2090. The van der Waals surface area contributed by atoms with E-state index in [1.165, 1.54) is 47.7 Å². The molecule has 315 valence electrons. The second-order valence-electron chi connectivity index (χ2n) is 14.1. The van der Waals surface area contributed by atoms with Gasteiger partial charge >= 0.3 is 0 Å². The Morgan fingerprint density at radius 3 is 0.391 bits per heavy atom. The first-order valence-electron chi connectivity index (χ1n) is 21.1. The van der Waals surface area contributed by atoms with Gasteiger partial charge in [0.15, 0.2) is 0 Å². The molecule has 0 atom stereocenters. The molecule has 0 bridgehead atoms. The standard InChI is InChI=1S/3C18H15P.C6H5.Rh/c3*1-4-10-16(11-5-1)19(17-12-6-2-7-13-17)18-14-8-3-9-15-18;1-2-4-6-5-3-1;/h3*1-15H;1-5H;/q;;;-1;. The first-order chi connectivity index (χ1) is 31.3. The second-order valence-corrected chi connectivity index (χ2v) is 20.8. The number of rotatable bonds is 9. The van der Waals surface area contributed by atoms with Crippen molar-refractivity contribution in [2.45, 2.75) is 0 Å². The van der Waals surface area contributed by atoms with Crippen LogP contribution in [-0.4, -0.2) is 0 Å². The van der Waals surface area contributed by atoms with Crippen LogP contribution in [0, 0.1) is 6.07 Å². The zero-order valence-corrected chi connectivity index (χ0v) is 39.9. The van der Waals surface area contributed by atoms with E-state index < -0.39 is 23.8 Å². The maximum absolute atomic E-state index is 2.89. The van der Waals surface area contributed by atoms with Gasteiger partial charge in [-0.1, -0.05) is 273 Å². The zero-order valence-electron chi connectivity index (χ0n) is 35.5. The van der Waals surface area contributed by atoms with E-state index in [0.717, 1.165) is 0 Å². The third-order valence-corrected chi connectivity index (χ3v) is 17.1. The minimum Gasteiger partial charge on any atom is -0.184 e. The Morgan fingerprint density at radius 2 is 0.297 bits per heavy atom. The van der Waals surface area contributed by atoms with Gasteiger partial charge in [0.25, 0.3) is 0 Å². The van der Waals surface area contributed by atoms with Crippen LogP contribution in [0.15, 0.2) is 303 Å². The summed E-state index contributed by atoms with van der Waals surface area (Å²) in [7, 11) is -1.34. The largest absolute Gasteiger partial charge is 0.184 e. The average molecular weight is 967 g/mol. The van der Waals surface area contributed by atoms with E-state index in [-0.39, 0.29) is 19.5 Å². The molecule has 0 nitrogen and oxygen atoms in total. The number of hydrogen-bond donors (Lipinski definition) is 0. The van der Waals surface area contributed by atoms with Crippen molar-refractivity contribution in [2.24, 2.45) is 0 Å². The van der Waals surface area contributed by atoms with Gasteiger partial charge in [-0.15, -0.1) is 0 Å². The molecule has 0 aliphatic rings. The van der Waals surface area contributed by atoms with Gasteiger partial charge in [-0.3, -0.25) is 0 Å². The summed E-state index contributed by atoms with van der Waals surface area (Å²) in [5.41, 5.74) is 0. The summed E-state index contributed by atoms with van der Waals surface area (Å²) in [4.78, 5) is 0. The molecular formula is C60H50P3Rh-. The van der Waals surface area contributed by atoms with E-state index in [2.05, 4.69) is 279 Å². The average Bonchev–Trinajstić information content (AvgIpc) is 3.38. The molecule has 0 N–H and O–H groups in total. The molecule has 10 aromatic rings. The molecule has 10 rings (SSSR count). The third kappa shape index (κ3) is 14.6. The predicted octanol–water partition coefficient (Wildman–Crippen LogP) is 11.8. The Hall–Kier alpha value is -5.89. The first-order valence-corrected chi connectivity index (χ1v) is 25.1. The second kappa shape index (κ2) is 27.3. The zero-order chi connectivity index (χ0) is 43.0.